The predicted octanol–water partition coefficient (Wildman–Crippen LogP) is 2.48. The van der Waals surface area contributed by atoms with Crippen LogP contribution in [-0.4, -0.2) is 45.6 Å². The van der Waals surface area contributed by atoms with Gasteiger partial charge in [-0.1, -0.05) is 0 Å². The molecule has 2 fully saturated rings. The Balaban J connectivity index is 1.67. The second-order valence-electron chi connectivity index (χ2n) is 6.26. The van der Waals surface area contributed by atoms with E-state index in [1.165, 1.54) is 23.9 Å². The number of amides is 1. The molecular weight excluding hydrogens is 296 g/mol. The summed E-state index contributed by atoms with van der Waals surface area (Å²) >= 11 is 0. The maximum absolute atomic E-state index is 12.6. The Morgan fingerprint density at radius 3 is 2.52 bits per heavy atom. The lowest BCUT2D eigenvalue weighted by Crippen LogP contribution is -2.48. The number of rotatable bonds is 4. The minimum Gasteiger partial charge on any atom is -0.480 e. The van der Waals surface area contributed by atoms with Crippen molar-refractivity contribution < 1.29 is 19.4 Å². The molecule has 124 valence electrons. The summed E-state index contributed by atoms with van der Waals surface area (Å²) in [4.78, 5) is 29.5. The molecule has 2 aliphatic rings. The zero-order valence-corrected chi connectivity index (χ0v) is 13.1. The molecule has 1 aromatic rings. The third-order valence-corrected chi connectivity index (χ3v) is 4.62. The zero-order valence-electron chi connectivity index (χ0n) is 13.1. The lowest BCUT2D eigenvalue weighted by atomic mass is 10.0. The molecule has 0 radical (unpaired) electrons. The van der Waals surface area contributed by atoms with Gasteiger partial charge in [0.15, 0.2) is 0 Å². The number of aromatic nitrogens is 1. The minimum absolute atomic E-state index is 0.225. The zero-order chi connectivity index (χ0) is 16.2. The lowest BCUT2D eigenvalue weighted by Gasteiger charge is -2.32. The Labute approximate surface area is 135 Å². The van der Waals surface area contributed by atoms with Gasteiger partial charge in [-0.2, -0.15) is 0 Å². The monoisotopic (exact) mass is 318 g/mol. The van der Waals surface area contributed by atoms with Crippen LogP contribution in [0.5, 0.6) is 5.88 Å². The Kier molecular flexibility index (Phi) is 4.79. The molecule has 6 heteroatoms. The summed E-state index contributed by atoms with van der Waals surface area (Å²) in [5.74, 6) is -0.675. The number of hydrogen-bond donors (Lipinski definition) is 1. The smallest absolute Gasteiger partial charge is 0.326 e. The van der Waals surface area contributed by atoms with Crippen LogP contribution in [0.1, 0.15) is 55.3 Å². The molecule has 0 spiro atoms. The van der Waals surface area contributed by atoms with Gasteiger partial charge in [-0.25, -0.2) is 9.78 Å². The number of piperidine rings is 1. The van der Waals surface area contributed by atoms with Crippen LogP contribution in [0, 0.1) is 0 Å². The third kappa shape index (κ3) is 3.63. The quantitative estimate of drug-likeness (QED) is 0.922. The van der Waals surface area contributed by atoms with E-state index in [1.54, 1.807) is 12.1 Å². The summed E-state index contributed by atoms with van der Waals surface area (Å²) in [7, 11) is 0. The fraction of sp³-hybridized carbons (Fsp3) is 0.588. The van der Waals surface area contributed by atoms with E-state index in [2.05, 4.69) is 4.98 Å². The Morgan fingerprint density at radius 1 is 1.13 bits per heavy atom. The molecule has 3 rings (SSSR count). The predicted molar refractivity (Wildman–Crippen MR) is 83.4 cm³/mol. The average Bonchev–Trinajstić information content (AvgIpc) is 3.08. The maximum Gasteiger partial charge on any atom is 0.326 e. The van der Waals surface area contributed by atoms with Crippen LogP contribution >= 0.6 is 0 Å². The molecule has 1 aliphatic carbocycles. The Bertz CT molecular complexity index is 566. The standard InChI is InChI=1S/C17H22N2O4/c20-16(19-10-4-3-7-14(19)17(21)22)12-8-9-15(18-11-12)23-13-5-1-2-6-13/h8-9,11,13-14H,1-7,10H2,(H,21,22). The molecule has 1 atom stereocenters. The third-order valence-electron chi connectivity index (χ3n) is 4.62. The van der Waals surface area contributed by atoms with Crippen LogP contribution in [0.4, 0.5) is 0 Å². The highest BCUT2D eigenvalue weighted by atomic mass is 16.5. The van der Waals surface area contributed by atoms with Gasteiger partial charge in [0.05, 0.1) is 5.56 Å². The second kappa shape index (κ2) is 6.98. The SMILES string of the molecule is O=C(O)C1CCCCN1C(=O)c1ccc(OC2CCCC2)nc1. The van der Waals surface area contributed by atoms with E-state index >= 15 is 0 Å². The van der Waals surface area contributed by atoms with Gasteiger partial charge in [0, 0.05) is 18.8 Å². The Hall–Kier alpha value is -2.11. The molecule has 6 nitrogen and oxygen atoms in total. The van der Waals surface area contributed by atoms with Crippen molar-refractivity contribution in [2.75, 3.05) is 6.54 Å². The first kappa shape index (κ1) is 15.8. The summed E-state index contributed by atoms with van der Waals surface area (Å²) in [5.41, 5.74) is 0.414. The summed E-state index contributed by atoms with van der Waals surface area (Å²) in [6.07, 6.45) is 8.38. The number of aliphatic carboxylic acids is 1. The minimum atomic E-state index is -0.938. The molecule has 1 aliphatic heterocycles. The molecule has 1 unspecified atom stereocenters. The van der Waals surface area contributed by atoms with Crippen molar-refractivity contribution in [2.24, 2.45) is 0 Å². The number of hydrogen-bond acceptors (Lipinski definition) is 4. The highest BCUT2D eigenvalue weighted by Crippen LogP contribution is 2.24. The number of likely N-dealkylation sites (tertiary alicyclic amines) is 1. The largest absolute Gasteiger partial charge is 0.480 e. The average molecular weight is 318 g/mol. The highest BCUT2D eigenvalue weighted by Gasteiger charge is 2.32. The van der Waals surface area contributed by atoms with Crippen LogP contribution in [0.3, 0.4) is 0 Å². The van der Waals surface area contributed by atoms with Crippen molar-refractivity contribution in [3.63, 3.8) is 0 Å². The maximum atomic E-state index is 12.6. The first-order chi connectivity index (χ1) is 11.1. The van der Waals surface area contributed by atoms with E-state index < -0.39 is 12.0 Å². The molecule has 1 N–H and O–H groups in total. The van der Waals surface area contributed by atoms with Crippen LogP contribution in [0.15, 0.2) is 18.3 Å². The highest BCUT2D eigenvalue weighted by molar-refractivity contribution is 5.96. The lowest BCUT2D eigenvalue weighted by molar-refractivity contribution is -0.143. The van der Waals surface area contributed by atoms with Gasteiger partial charge in [0.25, 0.3) is 5.91 Å². The number of carbonyl (C=O) groups is 2. The first-order valence-corrected chi connectivity index (χ1v) is 8.31. The molecule has 1 amide bonds. The number of carboxylic acid groups (broad SMARTS) is 1. The molecule has 1 aromatic heterocycles. The molecule has 1 saturated heterocycles. The molecule has 0 bridgehead atoms. The van der Waals surface area contributed by atoms with E-state index in [4.69, 9.17) is 4.74 Å². The van der Waals surface area contributed by atoms with E-state index in [0.717, 1.165) is 25.7 Å². The van der Waals surface area contributed by atoms with E-state index in [-0.39, 0.29) is 12.0 Å². The summed E-state index contributed by atoms with van der Waals surface area (Å²) in [5, 5.41) is 9.28. The second-order valence-corrected chi connectivity index (χ2v) is 6.26. The number of pyridine rings is 1. The summed E-state index contributed by atoms with van der Waals surface area (Å²) < 4.78 is 5.78. The van der Waals surface area contributed by atoms with Crippen LogP contribution in [0.25, 0.3) is 0 Å². The molecule has 1 saturated carbocycles. The first-order valence-electron chi connectivity index (χ1n) is 8.31. The van der Waals surface area contributed by atoms with Gasteiger partial charge in [0.1, 0.15) is 12.1 Å². The molecule has 0 aromatic carbocycles. The van der Waals surface area contributed by atoms with Gasteiger partial charge in [-0.15, -0.1) is 0 Å². The van der Waals surface area contributed by atoms with Crippen LogP contribution in [-0.2, 0) is 4.79 Å². The molecule has 23 heavy (non-hydrogen) atoms. The van der Waals surface area contributed by atoms with Gasteiger partial charge in [-0.05, 0) is 51.0 Å². The normalized spacial score (nSPS) is 22.1. The van der Waals surface area contributed by atoms with Gasteiger partial charge >= 0.3 is 5.97 Å². The van der Waals surface area contributed by atoms with E-state index in [0.29, 0.717) is 24.4 Å². The van der Waals surface area contributed by atoms with Crippen LogP contribution < -0.4 is 4.74 Å². The van der Waals surface area contributed by atoms with Crippen molar-refractivity contribution in [1.29, 1.82) is 0 Å². The summed E-state index contributed by atoms with van der Waals surface area (Å²) in [6, 6.07) is 2.64. The fourth-order valence-electron chi connectivity index (χ4n) is 3.35. The van der Waals surface area contributed by atoms with Gasteiger partial charge in [0.2, 0.25) is 5.88 Å². The van der Waals surface area contributed by atoms with Crippen molar-refractivity contribution >= 4 is 11.9 Å². The fourth-order valence-corrected chi connectivity index (χ4v) is 3.35. The topological polar surface area (TPSA) is 79.7 Å². The molecule has 2 heterocycles. The number of nitrogens with zero attached hydrogens (tertiary/aromatic N) is 2. The number of carbonyl (C=O) groups excluding carboxylic acids is 1. The number of carboxylic acids is 1. The van der Waals surface area contributed by atoms with Gasteiger partial charge in [-0.3, -0.25) is 4.79 Å². The van der Waals surface area contributed by atoms with Crippen molar-refractivity contribution in [1.82, 2.24) is 9.88 Å². The van der Waals surface area contributed by atoms with Crippen LogP contribution in [0.2, 0.25) is 0 Å². The van der Waals surface area contributed by atoms with E-state index in [1.807, 2.05) is 0 Å². The van der Waals surface area contributed by atoms with Crippen molar-refractivity contribution in [3.05, 3.63) is 23.9 Å². The summed E-state index contributed by atoms with van der Waals surface area (Å²) in [6.45, 7) is 0.482. The number of ether oxygens (including phenoxy) is 1. The van der Waals surface area contributed by atoms with Gasteiger partial charge < -0.3 is 14.7 Å². The van der Waals surface area contributed by atoms with E-state index in [9.17, 15) is 14.7 Å². The van der Waals surface area contributed by atoms with Crippen molar-refractivity contribution in [2.45, 2.75) is 57.1 Å². The Morgan fingerprint density at radius 2 is 1.87 bits per heavy atom. The molecular formula is C17H22N2O4. The van der Waals surface area contributed by atoms with Crippen molar-refractivity contribution in [3.8, 4) is 5.88 Å².